The molecule has 0 saturated carbocycles. The van der Waals surface area contributed by atoms with Crippen LogP contribution in [0.2, 0.25) is 0 Å². The number of benzene rings is 1. The molecule has 2 heterocycles. The summed E-state index contributed by atoms with van der Waals surface area (Å²) in [4.78, 5) is 29.7. The van der Waals surface area contributed by atoms with E-state index < -0.39 is 0 Å². The first-order valence-electron chi connectivity index (χ1n) is 9.62. The number of aliphatic hydroxyl groups excluding tert-OH is 1. The lowest BCUT2D eigenvalue weighted by Gasteiger charge is -2.23. The first-order valence-corrected chi connectivity index (χ1v) is 9.62. The van der Waals surface area contributed by atoms with Gasteiger partial charge in [-0.2, -0.15) is 0 Å². The number of aromatic nitrogens is 1. The Hall–Kier alpha value is -2.22. The molecule has 1 aromatic heterocycles. The Morgan fingerprint density at radius 1 is 1.29 bits per heavy atom. The van der Waals surface area contributed by atoms with Crippen LogP contribution in [0.25, 0.3) is 10.9 Å². The van der Waals surface area contributed by atoms with Crippen molar-refractivity contribution >= 4 is 16.8 Å². The molecule has 28 heavy (non-hydrogen) atoms. The monoisotopic (exact) mass is 387 g/mol. The van der Waals surface area contributed by atoms with Crippen LogP contribution >= 0.6 is 0 Å². The molecule has 0 spiro atoms. The number of nitrogens with zero attached hydrogens (tertiary/aromatic N) is 3. The van der Waals surface area contributed by atoms with Crippen LogP contribution in [0.4, 0.5) is 0 Å². The van der Waals surface area contributed by atoms with Crippen molar-refractivity contribution in [3.63, 3.8) is 0 Å². The van der Waals surface area contributed by atoms with Crippen LogP contribution in [0.1, 0.15) is 10.4 Å². The van der Waals surface area contributed by atoms with Crippen LogP contribution in [0.5, 0.6) is 0 Å². The van der Waals surface area contributed by atoms with Gasteiger partial charge >= 0.3 is 0 Å². The van der Waals surface area contributed by atoms with E-state index >= 15 is 0 Å². The van der Waals surface area contributed by atoms with Gasteiger partial charge in [-0.25, -0.2) is 0 Å². The predicted octanol–water partition coefficient (Wildman–Crippen LogP) is 0.797. The first kappa shape index (κ1) is 20.5. The van der Waals surface area contributed by atoms with Gasteiger partial charge in [0.2, 0.25) is 0 Å². The average Bonchev–Trinajstić information content (AvgIpc) is 3.11. The standard InChI is InChI=1S/C21H29N3O4/c1-22(8-9-28-3)11-16-12-24(13-17(16)14-25)21(27)18-10-15-6-4-5-7-19(15)23(2)20(18)26/h4-7,10,16-17,25H,8-9,11-14H2,1-3H3. The summed E-state index contributed by atoms with van der Waals surface area (Å²) >= 11 is 0. The number of carbonyl (C=O) groups excluding carboxylic acids is 1. The zero-order valence-corrected chi connectivity index (χ0v) is 16.8. The van der Waals surface area contributed by atoms with E-state index in [9.17, 15) is 14.7 Å². The van der Waals surface area contributed by atoms with Crippen LogP contribution in [-0.4, -0.2) is 78.9 Å². The van der Waals surface area contributed by atoms with E-state index in [1.807, 2.05) is 31.3 Å². The van der Waals surface area contributed by atoms with Gasteiger partial charge in [0.1, 0.15) is 5.56 Å². The number of fused-ring (bicyclic) bond motifs is 1. The van der Waals surface area contributed by atoms with E-state index in [0.717, 1.165) is 24.0 Å². The third kappa shape index (κ3) is 4.11. The summed E-state index contributed by atoms with van der Waals surface area (Å²) in [7, 11) is 5.37. The molecule has 0 bridgehead atoms. The molecule has 7 nitrogen and oxygen atoms in total. The summed E-state index contributed by atoms with van der Waals surface area (Å²) in [5.41, 5.74) is 0.701. The van der Waals surface area contributed by atoms with Crippen molar-refractivity contribution < 1.29 is 14.6 Å². The van der Waals surface area contributed by atoms with Gasteiger partial charge in [-0.05, 0) is 30.5 Å². The van der Waals surface area contributed by atoms with E-state index in [2.05, 4.69) is 4.90 Å². The van der Waals surface area contributed by atoms with Gasteiger partial charge in [-0.1, -0.05) is 18.2 Å². The van der Waals surface area contributed by atoms with Crippen molar-refractivity contribution in [1.29, 1.82) is 0 Å². The quantitative estimate of drug-likeness (QED) is 0.761. The molecular formula is C21H29N3O4. The third-order valence-corrected chi connectivity index (χ3v) is 5.68. The lowest BCUT2D eigenvalue weighted by molar-refractivity contribution is 0.0776. The van der Waals surface area contributed by atoms with Crippen LogP contribution in [-0.2, 0) is 11.8 Å². The molecule has 2 aromatic rings. The molecule has 3 rings (SSSR count). The van der Waals surface area contributed by atoms with Gasteiger partial charge in [0.25, 0.3) is 11.5 Å². The van der Waals surface area contributed by atoms with Crippen molar-refractivity contribution in [2.45, 2.75) is 0 Å². The number of pyridine rings is 1. The molecule has 1 amide bonds. The number of carbonyl (C=O) groups is 1. The number of amides is 1. The van der Waals surface area contributed by atoms with E-state index in [1.165, 1.54) is 4.57 Å². The highest BCUT2D eigenvalue weighted by Crippen LogP contribution is 2.25. The van der Waals surface area contributed by atoms with Crippen LogP contribution < -0.4 is 5.56 Å². The number of rotatable bonds is 7. The van der Waals surface area contributed by atoms with E-state index in [1.54, 1.807) is 25.1 Å². The van der Waals surface area contributed by atoms with Crippen LogP contribution in [0.15, 0.2) is 35.1 Å². The fraction of sp³-hybridized carbons (Fsp3) is 0.524. The Bertz CT molecular complexity index is 895. The van der Waals surface area contributed by atoms with Crippen molar-refractivity contribution in [3.8, 4) is 0 Å². The second-order valence-corrected chi connectivity index (χ2v) is 7.65. The maximum atomic E-state index is 13.1. The summed E-state index contributed by atoms with van der Waals surface area (Å²) in [6.45, 7) is 3.24. The molecule has 1 aliphatic rings. The maximum absolute atomic E-state index is 13.1. The van der Waals surface area contributed by atoms with Crippen molar-refractivity contribution in [1.82, 2.24) is 14.4 Å². The fourth-order valence-corrected chi connectivity index (χ4v) is 4.00. The lowest BCUT2D eigenvalue weighted by atomic mass is 9.96. The number of aryl methyl sites for hydroxylation is 1. The molecule has 1 N–H and O–H groups in total. The molecule has 1 fully saturated rings. The van der Waals surface area contributed by atoms with E-state index in [-0.39, 0.29) is 35.5 Å². The fourth-order valence-electron chi connectivity index (χ4n) is 4.00. The van der Waals surface area contributed by atoms with Gasteiger partial charge in [-0.3, -0.25) is 9.59 Å². The Kier molecular flexibility index (Phi) is 6.49. The molecule has 1 aliphatic heterocycles. The number of hydrogen-bond donors (Lipinski definition) is 1. The Balaban J connectivity index is 1.80. The third-order valence-electron chi connectivity index (χ3n) is 5.68. The highest BCUT2D eigenvalue weighted by molar-refractivity contribution is 5.97. The highest BCUT2D eigenvalue weighted by Gasteiger charge is 2.36. The zero-order chi connectivity index (χ0) is 20.3. The van der Waals surface area contributed by atoms with Crippen LogP contribution in [0.3, 0.4) is 0 Å². The molecule has 2 atom stereocenters. The second-order valence-electron chi connectivity index (χ2n) is 7.65. The summed E-state index contributed by atoms with van der Waals surface area (Å²) in [6, 6.07) is 9.23. The number of likely N-dealkylation sites (N-methyl/N-ethyl adjacent to an activating group) is 1. The normalized spacial score (nSPS) is 19.7. The smallest absolute Gasteiger partial charge is 0.263 e. The largest absolute Gasteiger partial charge is 0.396 e. The Morgan fingerprint density at radius 2 is 2.00 bits per heavy atom. The number of aliphatic hydroxyl groups is 1. The highest BCUT2D eigenvalue weighted by atomic mass is 16.5. The number of ether oxygens (including phenoxy) is 1. The predicted molar refractivity (Wildman–Crippen MR) is 109 cm³/mol. The van der Waals surface area contributed by atoms with Gasteiger partial charge in [-0.15, -0.1) is 0 Å². The molecule has 1 saturated heterocycles. The van der Waals surface area contributed by atoms with Crippen LogP contribution in [0, 0.1) is 11.8 Å². The molecule has 152 valence electrons. The lowest BCUT2D eigenvalue weighted by Crippen LogP contribution is -2.36. The number of para-hydroxylation sites is 1. The minimum absolute atomic E-state index is 0.0123. The van der Waals surface area contributed by atoms with Gasteiger partial charge in [0.05, 0.1) is 12.1 Å². The van der Waals surface area contributed by atoms with Gasteiger partial charge in [0, 0.05) is 52.9 Å². The Morgan fingerprint density at radius 3 is 2.71 bits per heavy atom. The topological polar surface area (TPSA) is 75.0 Å². The number of likely N-dealkylation sites (tertiary alicyclic amines) is 1. The SMILES string of the molecule is COCCN(C)CC1CN(C(=O)c2cc3ccccc3n(C)c2=O)CC1CO. The average molecular weight is 387 g/mol. The van der Waals surface area contributed by atoms with Crippen molar-refractivity contribution in [2.24, 2.45) is 18.9 Å². The molecule has 2 unspecified atom stereocenters. The minimum atomic E-state index is -0.287. The molecule has 0 aliphatic carbocycles. The zero-order valence-electron chi connectivity index (χ0n) is 16.8. The van der Waals surface area contributed by atoms with Crippen molar-refractivity contribution in [2.75, 3.05) is 53.6 Å². The second kappa shape index (κ2) is 8.86. The summed E-state index contributed by atoms with van der Waals surface area (Å²) < 4.78 is 6.64. The first-order chi connectivity index (χ1) is 13.5. The summed E-state index contributed by atoms with van der Waals surface area (Å²) in [6.07, 6.45) is 0. The van der Waals surface area contributed by atoms with Crippen molar-refractivity contribution in [3.05, 3.63) is 46.2 Å². The molecule has 1 aromatic carbocycles. The van der Waals surface area contributed by atoms with E-state index in [4.69, 9.17) is 4.74 Å². The molecule has 7 heteroatoms. The van der Waals surface area contributed by atoms with E-state index in [0.29, 0.717) is 19.7 Å². The number of hydrogen-bond acceptors (Lipinski definition) is 5. The number of methoxy groups -OCH3 is 1. The summed E-state index contributed by atoms with van der Waals surface area (Å²) in [5, 5.41) is 10.7. The van der Waals surface area contributed by atoms with Gasteiger partial charge < -0.3 is 24.2 Å². The molecular weight excluding hydrogens is 358 g/mol. The maximum Gasteiger partial charge on any atom is 0.263 e. The minimum Gasteiger partial charge on any atom is -0.396 e. The molecule has 0 radical (unpaired) electrons. The summed E-state index contributed by atoms with van der Waals surface area (Å²) in [5.74, 6) is -0.0785. The Labute approximate surface area is 165 Å². The van der Waals surface area contributed by atoms with Gasteiger partial charge in [0.15, 0.2) is 0 Å².